The minimum absolute atomic E-state index is 2.38. The van der Waals surface area contributed by atoms with Crippen molar-refractivity contribution in [3.8, 4) is 0 Å². The van der Waals surface area contributed by atoms with Crippen molar-refractivity contribution in [2.45, 2.75) is 24.3 Å². The molecule has 0 heterocycles. The molecule has 0 bridgehead atoms. The summed E-state index contributed by atoms with van der Waals surface area (Å²) in [7, 11) is 0. The van der Waals surface area contributed by atoms with Crippen molar-refractivity contribution in [1.82, 2.24) is 0 Å². The average molecular weight is 266 g/mol. The molecule has 0 aliphatic rings. The molecule has 1 N–H and O–H groups in total. The molecule has 0 saturated carbocycles. The van der Waals surface area contributed by atoms with Crippen LogP contribution in [0.1, 0.15) is 0 Å². The first-order valence-electron chi connectivity index (χ1n) is 3.27. The van der Waals surface area contributed by atoms with Crippen molar-refractivity contribution < 1.29 is 49.4 Å². The van der Waals surface area contributed by atoms with Crippen molar-refractivity contribution in [3.63, 3.8) is 0 Å². The Morgan fingerprint density at radius 1 is 0.812 bits per heavy atom. The Balaban J connectivity index is 4.79. The van der Waals surface area contributed by atoms with Gasteiger partial charge in [0.1, 0.15) is 6.61 Å². The zero-order valence-electron chi connectivity index (χ0n) is 6.96. The minimum atomic E-state index is -6.50. The Morgan fingerprint density at radius 3 is 1.44 bits per heavy atom. The van der Waals surface area contributed by atoms with Crippen LogP contribution in [0, 0.1) is 0 Å². The van der Waals surface area contributed by atoms with Gasteiger partial charge in [0, 0.05) is 0 Å². The van der Waals surface area contributed by atoms with Crippen LogP contribution in [0.2, 0.25) is 0 Å². The molecule has 2 nitrogen and oxygen atoms in total. The summed E-state index contributed by atoms with van der Waals surface area (Å²) in [6.45, 7) is -2.84. The molecule has 0 aromatic rings. The third kappa shape index (κ3) is 3.40. The van der Waals surface area contributed by atoms with Crippen LogP contribution in [0.15, 0.2) is 0 Å². The lowest BCUT2D eigenvalue weighted by atomic mass is 10.3. The van der Waals surface area contributed by atoms with E-state index in [1.807, 2.05) is 0 Å². The summed E-state index contributed by atoms with van der Waals surface area (Å²) in [5, 5.41) is 7.74. The zero-order chi connectivity index (χ0) is 13.4. The molecule has 0 aliphatic carbocycles. The van der Waals surface area contributed by atoms with Crippen molar-refractivity contribution in [3.05, 3.63) is 0 Å². The van der Waals surface area contributed by atoms with Crippen LogP contribution in [0.25, 0.3) is 0 Å². The summed E-state index contributed by atoms with van der Waals surface area (Å²) in [5.74, 6) is -6.20. The van der Waals surface area contributed by atoms with Gasteiger partial charge in [-0.1, -0.05) is 0 Å². The minimum Gasteiger partial charge on any atom is -0.348 e. The predicted octanol–water partition coefficient (Wildman–Crippen LogP) is 2.38. The van der Waals surface area contributed by atoms with Gasteiger partial charge in [-0.25, -0.2) is 0 Å². The monoisotopic (exact) mass is 266 g/mol. The van der Waals surface area contributed by atoms with Crippen LogP contribution in [0.3, 0.4) is 0 Å². The van der Waals surface area contributed by atoms with Crippen molar-refractivity contribution in [2.24, 2.45) is 0 Å². The Kier molecular flexibility index (Phi) is 3.77. The maximum Gasteiger partial charge on any atom is 0.457 e. The van der Waals surface area contributed by atoms with Crippen molar-refractivity contribution in [1.29, 1.82) is 0 Å². The van der Waals surface area contributed by atoms with E-state index in [9.17, 15) is 39.5 Å². The Labute approximate surface area is 81.6 Å². The second-order valence-corrected chi connectivity index (χ2v) is 2.54. The number of halogens is 9. The highest BCUT2D eigenvalue weighted by atomic mass is 19.4. The molecule has 98 valence electrons. The second-order valence-electron chi connectivity index (χ2n) is 2.54. The molecule has 0 aromatic heterocycles. The summed E-state index contributed by atoms with van der Waals surface area (Å²) >= 11 is 0. The van der Waals surface area contributed by atoms with Gasteiger partial charge >= 0.3 is 24.3 Å². The fraction of sp³-hybridized carbons (Fsp3) is 1.00. The Hall–Kier alpha value is -0.710. The van der Waals surface area contributed by atoms with E-state index < -0.39 is 30.9 Å². The molecule has 0 aliphatic heterocycles. The van der Waals surface area contributed by atoms with Gasteiger partial charge in [-0.3, -0.25) is 0 Å². The molecule has 0 saturated heterocycles. The summed E-state index contributed by atoms with van der Waals surface area (Å²) < 4.78 is 107. The summed E-state index contributed by atoms with van der Waals surface area (Å²) in [5.41, 5.74) is 0. The van der Waals surface area contributed by atoms with Crippen molar-refractivity contribution in [2.75, 3.05) is 6.61 Å². The third-order valence-corrected chi connectivity index (χ3v) is 1.18. The summed E-state index contributed by atoms with van der Waals surface area (Å²) in [6.07, 6.45) is -18.0. The predicted molar refractivity (Wildman–Crippen MR) is 29.1 cm³/mol. The van der Waals surface area contributed by atoms with Gasteiger partial charge in [-0.2, -0.15) is 39.5 Å². The smallest absolute Gasteiger partial charge is 0.348 e. The number of ether oxygens (including phenoxy) is 1. The lowest BCUT2D eigenvalue weighted by Crippen LogP contribution is -2.57. The first kappa shape index (κ1) is 15.3. The van der Waals surface area contributed by atoms with Crippen LogP contribution < -0.4 is 0 Å². The molecule has 0 aromatic carbocycles. The Bertz CT molecular complexity index is 239. The maximum absolute atomic E-state index is 12.2. The number of hydrogen-bond acceptors (Lipinski definition) is 2. The van der Waals surface area contributed by atoms with E-state index in [0.717, 1.165) is 0 Å². The van der Waals surface area contributed by atoms with Gasteiger partial charge < -0.3 is 9.84 Å². The highest BCUT2D eigenvalue weighted by Crippen LogP contribution is 2.44. The summed E-state index contributed by atoms with van der Waals surface area (Å²) in [4.78, 5) is 0. The lowest BCUT2D eigenvalue weighted by Gasteiger charge is -2.29. The van der Waals surface area contributed by atoms with Crippen LogP contribution in [0.4, 0.5) is 39.5 Å². The summed E-state index contributed by atoms with van der Waals surface area (Å²) in [6, 6.07) is 0. The largest absolute Gasteiger partial charge is 0.457 e. The molecular weight excluding hydrogens is 263 g/mol. The number of rotatable bonds is 3. The molecular formula is C5H3F9O2. The molecule has 0 fully saturated rings. The van der Waals surface area contributed by atoms with Crippen LogP contribution >= 0.6 is 0 Å². The standard InChI is InChI=1S/C5H3F9O2/c6-2(7,8)1-16-5(13,14)3(9,15)4(10,11)12/h15H,1H2. The van der Waals surface area contributed by atoms with Crippen LogP contribution in [0.5, 0.6) is 0 Å². The molecule has 1 unspecified atom stereocenters. The fourth-order valence-electron chi connectivity index (χ4n) is 0.433. The molecule has 0 rings (SSSR count). The molecule has 0 spiro atoms. The van der Waals surface area contributed by atoms with E-state index in [4.69, 9.17) is 5.11 Å². The van der Waals surface area contributed by atoms with E-state index in [2.05, 4.69) is 4.74 Å². The lowest BCUT2D eigenvalue weighted by molar-refractivity contribution is -0.455. The number of aliphatic hydroxyl groups is 1. The van der Waals surface area contributed by atoms with Crippen LogP contribution in [-0.2, 0) is 4.74 Å². The first-order valence-corrected chi connectivity index (χ1v) is 3.27. The average Bonchev–Trinajstić information content (AvgIpc) is 1.97. The topological polar surface area (TPSA) is 29.5 Å². The maximum atomic E-state index is 12.2. The number of hydrogen-bond donors (Lipinski definition) is 1. The zero-order valence-corrected chi connectivity index (χ0v) is 6.96. The van der Waals surface area contributed by atoms with Crippen molar-refractivity contribution >= 4 is 0 Å². The molecule has 0 amide bonds. The molecule has 16 heavy (non-hydrogen) atoms. The third-order valence-electron chi connectivity index (χ3n) is 1.18. The number of alkyl halides is 9. The van der Waals surface area contributed by atoms with E-state index in [1.165, 1.54) is 0 Å². The highest BCUT2D eigenvalue weighted by Gasteiger charge is 2.73. The highest BCUT2D eigenvalue weighted by molar-refractivity contribution is 4.84. The molecule has 1 atom stereocenters. The van der Waals surface area contributed by atoms with E-state index in [0.29, 0.717) is 0 Å². The quantitative estimate of drug-likeness (QED) is 0.795. The van der Waals surface area contributed by atoms with Gasteiger partial charge in [-0.05, 0) is 0 Å². The van der Waals surface area contributed by atoms with Gasteiger partial charge in [0.15, 0.2) is 0 Å². The second kappa shape index (κ2) is 3.95. The van der Waals surface area contributed by atoms with Gasteiger partial charge in [-0.15, -0.1) is 0 Å². The van der Waals surface area contributed by atoms with E-state index in [1.54, 1.807) is 0 Å². The van der Waals surface area contributed by atoms with Crippen LogP contribution in [-0.4, -0.2) is 36.0 Å². The molecule has 11 heteroatoms. The SMILES string of the molecule is OC(F)(C(F)(F)F)C(F)(F)OCC(F)(F)F. The normalized spacial score (nSPS) is 18.4. The Morgan fingerprint density at radius 2 is 1.19 bits per heavy atom. The van der Waals surface area contributed by atoms with E-state index in [-0.39, 0.29) is 0 Å². The van der Waals surface area contributed by atoms with Gasteiger partial charge in [0.2, 0.25) is 0 Å². The van der Waals surface area contributed by atoms with E-state index >= 15 is 0 Å². The first-order chi connectivity index (χ1) is 6.71. The van der Waals surface area contributed by atoms with Gasteiger partial charge in [0.25, 0.3) is 0 Å². The van der Waals surface area contributed by atoms with Gasteiger partial charge in [0.05, 0.1) is 0 Å². The fourth-order valence-corrected chi connectivity index (χ4v) is 0.433. The molecule has 0 radical (unpaired) electrons.